The van der Waals surface area contributed by atoms with Crippen molar-refractivity contribution in [2.24, 2.45) is 17.4 Å². The van der Waals surface area contributed by atoms with Gasteiger partial charge >= 0.3 is 0 Å². The minimum absolute atomic E-state index is 0.00863. The predicted octanol–water partition coefficient (Wildman–Crippen LogP) is 0.473. The highest BCUT2D eigenvalue weighted by Crippen LogP contribution is 2.16. The molecule has 3 rings (SSSR count). The Morgan fingerprint density at radius 3 is 1.86 bits per heavy atom. The van der Waals surface area contributed by atoms with Crippen molar-refractivity contribution < 1.29 is 27.6 Å². The van der Waals surface area contributed by atoms with Crippen LogP contribution in [0.3, 0.4) is 0 Å². The normalized spacial score (nSPS) is 16.2. The molecule has 15 heteroatoms. The molecule has 1 saturated heterocycles. The lowest BCUT2D eigenvalue weighted by Crippen LogP contribution is -2.59. The quantitative estimate of drug-likeness (QED) is 0.0949. The zero-order chi connectivity index (χ0) is 37.4. The summed E-state index contributed by atoms with van der Waals surface area (Å²) >= 11 is 0. The second kappa shape index (κ2) is 20.8. The second-order valence-corrected chi connectivity index (χ2v) is 15.2. The fourth-order valence-corrected chi connectivity index (χ4v) is 6.81. The zero-order valence-corrected chi connectivity index (χ0v) is 30.8. The number of nitrogens with zero attached hydrogens (tertiary/aromatic N) is 1. The van der Waals surface area contributed by atoms with Crippen molar-refractivity contribution in [2.45, 2.75) is 95.4 Å². The van der Waals surface area contributed by atoms with Gasteiger partial charge in [0.1, 0.15) is 18.1 Å². The van der Waals surface area contributed by atoms with Crippen molar-refractivity contribution in [3.05, 3.63) is 71.8 Å². The Bertz CT molecular complexity index is 1500. The molecule has 0 unspecified atom stereocenters. The van der Waals surface area contributed by atoms with Crippen LogP contribution >= 0.6 is 0 Å². The standard InChI is InChI=1S/C36H56N8O6S/c1-25(2)22-31(34(46)40-30(16-10-11-19-37)36(48)44-20-17-28(18-21-44)43-51(49,50)39-3)42-35(47)32(24-27-14-8-5-9-15-27)41-33(45)29(38)23-26-12-6-4-7-13-26/h4-9,12-15,25,28-32,39,43H,10-11,16-24,37-38H2,1-3H3,(H,40,46)(H,41,45)(H,42,47)/t29-,30-,31-,32-/m1/s1. The maximum Gasteiger partial charge on any atom is 0.276 e. The van der Waals surface area contributed by atoms with Gasteiger partial charge in [-0.2, -0.15) is 13.1 Å². The summed E-state index contributed by atoms with van der Waals surface area (Å²) in [5, 5.41) is 8.58. The summed E-state index contributed by atoms with van der Waals surface area (Å²) in [7, 11) is -2.29. The number of benzene rings is 2. The molecule has 0 saturated carbocycles. The summed E-state index contributed by atoms with van der Waals surface area (Å²) in [6, 6.07) is 14.5. The van der Waals surface area contributed by atoms with Gasteiger partial charge in [-0.05, 0) is 68.5 Å². The van der Waals surface area contributed by atoms with Crippen LogP contribution in [-0.4, -0.2) is 93.8 Å². The van der Waals surface area contributed by atoms with Gasteiger partial charge in [-0.15, -0.1) is 0 Å². The Hall–Kier alpha value is -3.89. The molecule has 1 fully saturated rings. The van der Waals surface area contributed by atoms with E-state index in [2.05, 4.69) is 25.4 Å². The van der Waals surface area contributed by atoms with Gasteiger partial charge < -0.3 is 32.3 Å². The summed E-state index contributed by atoms with van der Waals surface area (Å²) in [5.41, 5.74) is 13.7. The van der Waals surface area contributed by atoms with Crippen LogP contribution in [0.5, 0.6) is 0 Å². The van der Waals surface area contributed by atoms with E-state index in [0.717, 1.165) is 11.1 Å². The highest BCUT2D eigenvalue weighted by atomic mass is 32.2. The van der Waals surface area contributed by atoms with E-state index in [4.69, 9.17) is 11.5 Å². The Morgan fingerprint density at radius 1 is 0.784 bits per heavy atom. The maximum atomic E-state index is 13.9. The third kappa shape index (κ3) is 14.3. The Morgan fingerprint density at radius 2 is 1.31 bits per heavy atom. The Balaban J connectivity index is 1.74. The number of unbranched alkanes of at least 4 members (excludes halogenated alkanes) is 1. The summed E-state index contributed by atoms with van der Waals surface area (Å²) in [5.74, 6) is -1.81. The lowest BCUT2D eigenvalue weighted by atomic mass is 9.99. The van der Waals surface area contributed by atoms with Gasteiger partial charge in [0.2, 0.25) is 23.6 Å². The van der Waals surface area contributed by atoms with E-state index in [0.29, 0.717) is 51.7 Å². The third-order valence-electron chi connectivity index (χ3n) is 8.85. The number of hydrogen-bond acceptors (Lipinski definition) is 8. The molecule has 51 heavy (non-hydrogen) atoms. The molecule has 0 aromatic heterocycles. The number of carbonyl (C=O) groups excluding carboxylic acids is 4. The molecule has 9 N–H and O–H groups in total. The molecule has 14 nitrogen and oxygen atoms in total. The van der Waals surface area contributed by atoms with Gasteiger partial charge in [0.25, 0.3) is 10.2 Å². The first-order valence-corrected chi connectivity index (χ1v) is 19.2. The smallest absolute Gasteiger partial charge is 0.276 e. The van der Waals surface area contributed by atoms with Gasteiger partial charge in [-0.1, -0.05) is 74.5 Å². The first-order chi connectivity index (χ1) is 24.3. The van der Waals surface area contributed by atoms with Crippen molar-refractivity contribution >= 4 is 33.8 Å². The zero-order valence-electron chi connectivity index (χ0n) is 30.0. The molecule has 282 valence electrons. The van der Waals surface area contributed by atoms with Gasteiger partial charge in [-0.3, -0.25) is 19.2 Å². The number of hydrogen-bond donors (Lipinski definition) is 7. The van der Waals surface area contributed by atoms with Crippen molar-refractivity contribution in [3.8, 4) is 0 Å². The summed E-state index contributed by atoms with van der Waals surface area (Å²) in [4.78, 5) is 56.4. The summed E-state index contributed by atoms with van der Waals surface area (Å²) in [6.45, 7) is 4.92. The van der Waals surface area contributed by atoms with Crippen molar-refractivity contribution in [2.75, 3.05) is 26.7 Å². The van der Waals surface area contributed by atoms with E-state index in [1.807, 2.05) is 74.5 Å². The average Bonchev–Trinajstić information content (AvgIpc) is 3.11. The number of carbonyl (C=O) groups is 4. The number of nitrogens with two attached hydrogens (primary N) is 2. The molecule has 4 amide bonds. The van der Waals surface area contributed by atoms with E-state index in [1.165, 1.54) is 7.05 Å². The molecule has 1 heterocycles. The number of piperidine rings is 1. The van der Waals surface area contributed by atoms with Crippen LogP contribution in [-0.2, 0) is 42.2 Å². The summed E-state index contributed by atoms with van der Waals surface area (Å²) in [6.07, 6.45) is 3.20. The largest absolute Gasteiger partial charge is 0.343 e. The highest BCUT2D eigenvalue weighted by molar-refractivity contribution is 7.87. The highest BCUT2D eigenvalue weighted by Gasteiger charge is 2.34. The Kier molecular flexibility index (Phi) is 17.0. The van der Waals surface area contributed by atoms with Crippen molar-refractivity contribution in [1.82, 2.24) is 30.3 Å². The van der Waals surface area contributed by atoms with Gasteiger partial charge in [0.15, 0.2) is 0 Å². The van der Waals surface area contributed by atoms with Gasteiger partial charge in [-0.25, -0.2) is 4.72 Å². The predicted molar refractivity (Wildman–Crippen MR) is 197 cm³/mol. The molecule has 0 spiro atoms. The Labute approximate surface area is 302 Å². The number of nitrogens with one attached hydrogen (secondary N) is 5. The van der Waals surface area contributed by atoms with Crippen molar-refractivity contribution in [1.29, 1.82) is 0 Å². The first-order valence-electron chi connectivity index (χ1n) is 17.8. The van der Waals surface area contributed by atoms with Gasteiger partial charge in [0, 0.05) is 32.6 Å². The van der Waals surface area contributed by atoms with E-state index < -0.39 is 52.1 Å². The minimum atomic E-state index is -3.62. The minimum Gasteiger partial charge on any atom is -0.343 e. The number of rotatable bonds is 20. The lowest BCUT2D eigenvalue weighted by Gasteiger charge is -2.35. The molecule has 0 aliphatic carbocycles. The number of likely N-dealkylation sites (tertiary alicyclic amines) is 1. The van der Waals surface area contributed by atoms with E-state index in [-0.39, 0.29) is 37.1 Å². The molecule has 2 aromatic carbocycles. The lowest BCUT2D eigenvalue weighted by molar-refractivity contribution is -0.138. The average molecular weight is 729 g/mol. The second-order valence-electron chi connectivity index (χ2n) is 13.5. The molecule has 1 aliphatic rings. The third-order valence-corrected chi connectivity index (χ3v) is 10.0. The van der Waals surface area contributed by atoms with E-state index in [9.17, 15) is 27.6 Å². The van der Waals surface area contributed by atoms with Crippen LogP contribution < -0.4 is 36.9 Å². The molecule has 0 radical (unpaired) electrons. The molecular weight excluding hydrogens is 673 g/mol. The van der Waals surface area contributed by atoms with Crippen LogP contribution in [0.25, 0.3) is 0 Å². The van der Waals surface area contributed by atoms with Crippen LogP contribution in [0.1, 0.15) is 63.5 Å². The fourth-order valence-electron chi connectivity index (χ4n) is 6.01. The van der Waals surface area contributed by atoms with Crippen LogP contribution in [0.2, 0.25) is 0 Å². The maximum absolute atomic E-state index is 13.9. The molecule has 0 bridgehead atoms. The SMILES string of the molecule is CNS(=O)(=O)NC1CCN(C(=O)[C@@H](CCCCN)NC(=O)[C@@H](CC(C)C)NC(=O)[C@@H](Cc2ccccc2)NC(=O)[C@H](N)Cc2ccccc2)CC1. The molecule has 1 aliphatic heterocycles. The van der Waals surface area contributed by atoms with E-state index >= 15 is 0 Å². The van der Waals surface area contributed by atoms with Crippen molar-refractivity contribution in [3.63, 3.8) is 0 Å². The summed E-state index contributed by atoms with van der Waals surface area (Å²) < 4.78 is 28.7. The van der Waals surface area contributed by atoms with Crippen LogP contribution in [0.15, 0.2) is 60.7 Å². The molecule has 4 atom stereocenters. The molecule has 2 aromatic rings. The molecular formula is C36H56N8O6S. The number of amides is 4. The fraction of sp³-hybridized carbons (Fsp3) is 0.556. The van der Waals surface area contributed by atoms with Crippen LogP contribution in [0.4, 0.5) is 0 Å². The van der Waals surface area contributed by atoms with Gasteiger partial charge in [0.05, 0.1) is 6.04 Å². The first kappa shape index (κ1) is 41.5. The monoisotopic (exact) mass is 728 g/mol. The topological polar surface area (TPSA) is 218 Å². The van der Waals surface area contributed by atoms with Crippen LogP contribution in [0, 0.1) is 5.92 Å². The van der Waals surface area contributed by atoms with E-state index in [1.54, 1.807) is 4.90 Å².